The molecule has 1 aromatic heterocycles. The van der Waals surface area contributed by atoms with E-state index in [1.54, 1.807) is 4.90 Å². The molecule has 1 atom stereocenters. The molecule has 6 rings (SSSR count). The van der Waals surface area contributed by atoms with E-state index in [2.05, 4.69) is 64.1 Å². The van der Waals surface area contributed by atoms with Crippen molar-refractivity contribution in [3.8, 4) is 11.3 Å². The van der Waals surface area contributed by atoms with Gasteiger partial charge in [0.2, 0.25) is 0 Å². The number of nitrogens with zero attached hydrogens (tertiary/aromatic N) is 5. The van der Waals surface area contributed by atoms with Gasteiger partial charge in [0.05, 0.1) is 18.1 Å². The summed E-state index contributed by atoms with van der Waals surface area (Å²) in [7, 11) is 0. The number of piperazine rings is 1. The third kappa shape index (κ3) is 7.50. The molecule has 3 aromatic carbocycles. The lowest BCUT2D eigenvalue weighted by molar-refractivity contribution is 0.00429. The van der Waals surface area contributed by atoms with Crippen molar-refractivity contribution < 1.29 is 14.3 Å². The molecule has 3 heterocycles. The summed E-state index contributed by atoms with van der Waals surface area (Å²) in [5, 5.41) is 0. The Morgan fingerprint density at radius 3 is 2.04 bits per heavy atom. The summed E-state index contributed by atoms with van der Waals surface area (Å²) in [5.74, 6) is -0.0936. The molecule has 8 nitrogen and oxygen atoms in total. The van der Waals surface area contributed by atoms with Crippen molar-refractivity contribution in [3.05, 3.63) is 114 Å². The van der Waals surface area contributed by atoms with Crippen LogP contribution < -0.4 is 0 Å². The number of likely N-dealkylation sites (tertiary alicyclic amines) is 1. The average molecular weight is 620 g/mol. The Morgan fingerprint density at radius 2 is 1.41 bits per heavy atom. The summed E-state index contributed by atoms with van der Waals surface area (Å²) < 4.78 is 7.95. The highest BCUT2D eigenvalue weighted by Crippen LogP contribution is 2.33. The molecule has 2 amide bonds. The van der Waals surface area contributed by atoms with Gasteiger partial charge in [-0.05, 0) is 51.2 Å². The van der Waals surface area contributed by atoms with Crippen LogP contribution in [-0.2, 0) is 17.7 Å². The number of piperidine rings is 1. The minimum absolute atomic E-state index is 0.0936. The van der Waals surface area contributed by atoms with Gasteiger partial charge in [-0.1, -0.05) is 91.0 Å². The first kappa shape index (κ1) is 31.5. The molecule has 0 bridgehead atoms. The van der Waals surface area contributed by atoms with Crippen LogP contribution in [0.5, 0.6) is 0 Å². The maximum atomic E-state index is 14.6. The first-order valence-corrected chi connectivity index (χ1v) is 16.5. The van der Waals surface area contributed by atoms with Crippen LogP contribution in [0.15, 0.2) is 97.3 Å². The zero-order valence-electron chi connectivity index (χ0n) is 27.2. The summed E-state index contributed by atoms with van der Waals surface area (Å²) in [6, 6.07) is 31.0. The molecule has 0 unspecified atom stereocenters. The third-order valence-electron chi connectivity index (χ3n) is 8.95. The van der Waals surface area contributed by atoms with Crippen molar-refractivity contribution in [3.63, 3.8) is 0 Å². The van der Waals surface area contributed by atoms with E-state index >= 15 is 0 Å². The molecule has 0 aliphatic carbocycles. The normalized spacial score (nSPS) is 18.0. The Morgan fingerprint density at radius 1 is 0.804 bits per heavy atom. The van der Waals surface area contributed by atoms with Gasteiger partial charge < -0.3 is 19.1 Å². The smallest absolute Gasteiger partial charge is 0.410 e. The zero-order chi connectivity index (χ0) is 32.1. The van der Waals surface area contributed by atoms with Gasteiger partial charge in [0, 0.05) is 50.9 Å². The van der Waals surface area contributed by atoms with Crippen LogP contribution in [-0.4, -0.2) is 80.6 Å². The van der Waals surface area contributed by atoms with Crippen molar-refractivity contribution in [2.45, 2.75) is 64.3 Å². The highest BCUT2D eigenvalue weighted by Gasteiger charge is 2.37. The number of carbonyl (C=O) groups excluding carboxylic acids is 2. The monoisotopic (exact) mass is 619 g/mol. The van der Waals surface area contributed by atoms with Crippen molar-refractivity contribution in [2.75, 3.05) is 32.7 Å². The minimum Gasteiger partial charge on any atom is -0.444 e. The number of rotatable bonds is 7. The quantitative estimate of drug-likeness (QED) is 0.231. The first-order chi connectivity index (χ1) is 22.2. The third-order valence-corrected chi connectivity index (χ3v) is 8.95. The van der Waals surface area contributed by atoms with Gasteiger partial charge in [-0.3, -0.25) is 9.69 Å². The number of hydrogen-bond acceptors (Lipinski definition) is 5. The van der Waals surface area contributed by atoms with Crippen LogP contribution in [0.25, 0.3) is 11.3 Å². The van der Waals surface area contributed by atoms with Crippen molar-refractivity contribution in [2.24, 2.45) is 0 Å². The van der Waals surface area contributed by atoms with Gasteiger partial charge in [-0.15, -0.1) is 0 Å². The fourth-order valence-electron chi connectivity index (χ4n) is 6.69. The molecule has 240 valence electrons. The summed E-state index contributed by atoms with van der Waals surface area (Å²) in [5.41, 5.74) is 4.20. The molecular weight excluding hydrogens is 574 g/mol. The molecular formula is C38H45N5O3. The molecule has 8 heteroatoms. The van der Waals surface area contributed by atoms with Crippen LogP contribution in [0, 0.1) is 0 Å². The summed E-state index contributed by atoms with van der Waals surface area (Å²) in [4.78, 5) is 38.6. The maximum absolute atomic E-state index is 14.6. The average Bonchev–Trinajstić information content (AvgIpc) is 3.51. The van der Waals surface area contributed by atoms with Gasteiger partial charge >= 0.3 is 6.09 Å². The second-order valence-electron chi connectivity index (χ2n) is 13.5. The SMILES string of the molecule is CC(C)(C)OC(=O)N1CCN(C(=O)c2ncn(C3CCN(Cc4ccccc4)CC3)c2-c2ccccc2)[C@H](Cc2ccccc2)C1. The molecule has 0 radical (unpaired) electrons. The fourth-order valence-corrected chi connectivity index (χ4v) is 6.69. The standard InChI is InChI=1S/C38H45N5O3/c1-38(2,3)46-37(45)41-23-24-42(33(27-41)25-29-13-7-4-8-14-29)36(44)34-35(31-17-11-6-12-18-31)43(28-39-34)32-19-21-40(22-20-32)26-30-15-9-5-10-16-30/h4-18,28,32-33H,19-27H2,1-3H3/t33-/m1/s1. The van der Waals surface area contributed by atoms with Crippen molar-refractivity contribution in [1.82, 2.24) is 24.3 Å². The van der Waals surface area contributed by atoms with E-state index in [0.717, 1.165) is 49.3 Å². The molecule has 46 heavy (non-hydrogen) atoms. The van der Waals surface area contributed by atoms with Crippen LogP contribution >= 0.6 is 0 Å². The lowest BCUT2D eigenvalue weighted by atomic mass is 10.00. The largest absolute Gasteiger partial charge is 0.444 e. The number of hydrogen-bond donors (Lipinski definition) is 0. The number of amides is 2. The van der Waals surface area contributed by atoms with Gasteiger partial charge in [-0.25, -0.2) is 9.78 Å². The second kappa shape index (κ2) is 13.9. The Balaban J connectivity index is 1.26. The van der Waals surface area contributed by atoms with Gasteiger partial charge in [0.25, 0.3) is 5.91 Å². The van der Waals surface area contributed by atoms with E-state index < -0.39 is 5.60 Å². The van der Waals surface area contributed by atoms with Crippen molar-refractivity contribution >= 4 is 12.0 Å². The fraction of sp³-hybridized carbons (Fsp3) is 0.395. The number of carbonyl (C=O) groups is 2. The van der Waals surface area contributed by atoms with Gasteiger partial charge in [-0.2, -0.15) is 0 Å². The maximum Gasteiger partial charge on any atom is 0.410 e. The summed E-state index contributed by atoms with van der Waals surface area (Å²) >= 11 is 0. The molecule has 0 saturated carbocycles. The highest BCUT2D eigenvalue weighted by atomic mass is 16.6. The van der Waals surface area contributed by atoms with Gasteiger partial charge in [0.1, 0.15) is 5.60 Å². The van der Waals surface area contributed by atoms with E-state index in [1.807, 2.05) is 68.4 Å². The zero-order valence-corrected chi connectivity index (χ0v) is 27.2. The second-order valence-corrected chi connectivity index (χ2v) is 13.5. The first-order valence-electron chi connectivity index (χ1n) is 16.5. The Kier molecular flexibility index (Phi) is 9.54. The Hall–Kier alpha value is -4.43. The van der Waals surface area contributed by atoms with Crippen molar-refractivity contribution in [1.29, 1.82) is 0 Å². The van der Waals surface area contributed by atoms with E-state index in [0.29, 0.717) is 31.7 Å². The topological polar surface area (TPSA) is 70.9 Å². The van der Waals surface area contributed by atoms with E-state index in [1.165, 1.54) is 5.56 Å². The Bertz CT molecular complexity index is 1590. The Labute approximate surface area is 272 Å². The lowest BCUT2D eigenvalue weighted by Gasteiger charge is -2.41. The summed E-state index contributed by atoms with van der Waals surface area (Å²) in [6.07, 6.45) is 4.14. The minimum atomic E-state index is -0.589. The number of aromatic nitrogens is 2. The van der Waals surface area contributed by atoms with Crippen LogP contribution in [0.4, 0.5) is 4.79 Å². The van der Waals surface area contributed by atoms with E-state index in [4.69, 9.17) is 9.72 Å². The molecule has 2 aliphatic rings. The van der Waals surface area contributed by atoms with Crippen LogP contribution in [0.3, 0.4) is 0 Å². The number of ether oxygens (including phenoxy) is 1. The van der Waals surface area contributed by atoms with Crippen LogP contribution in [0.2, 0.25) is 0 Å². The van der Waals surface area contributed by atoms with E-state index in [9.17, 15) is 9.59 Å². The highest BCUT2D eigenvalue weighted by molar-refractivity contribution is 5.98. The van der Waals surface area contributed by atoms with Gasteiger partial charge in [0.15, 0.2) is 5.69 Å². The molecule has 4 aromatic rings. The molecule has 0 spiro atoms. The summed E-state index contributed by atoms with van der Waals surface area (Å²) in [6.45, 7) is 9.77. The molecule has 0 N–H and O–H groups in total. The van der Waals surface area contributed by atoms with Crippen LogP contribution in [0.1, 0.15) is 61.3 Å². The number of benzene rings is 3. The molecule has 2 saturated heterocycles. The molecule has 2 aliphatic heterocycles. The molecule has 2 fully saturated rings. The lowest BCUT2D eigenvalue weighted by Crippen LogP contribution is -2.58. The predicted molar refractivity (Wildman–Crippen MR) is 180 cm³/mol. The predicted octanol–water partition coefficient (Wildman–Crippen LogP) is 6.69. The van der Waals surface area contributed by atoms with E-state index in [-0.39, 0.29) is 24.1 Å². The number of imidazole rings is 1.